The summed E-state index contributed by atoms with van der Waals surface area (Å²) in [7, 11) is 0. The lowest BCUT2D eigenvalue weighted by Gasteiger charge is -2.21. The SMILES string of the molecule is CCNC(=NCc1scnc1C)N1CCC(COCc2ccccc2)C1. The number of aryl methyl sites for hydroxylation is 1. The maximum atomic E-state index is 5.93. The minimum Gasteiger partial charge on any atom is -0.376 e. The van der Waals surface area contributed by atoms with E-state index in [1.165, 1.54) is 10.4 Å². The van der Waals surface area contributed by atoms with Gasteiger partial charge in [-0.3, -0.25) is 0 Å². The van der Waals surface area contributed by atoms with Gasteiger partial charge in [0, 0.05) is 30.4 Å². The molecule has 1 aromatic heterocycles. The number of ether oxygens (including phenoxy) is 1. The summed E-state index contributed by atoms with van der Waals surface area (Å²) < 4.78 is 5.93. The standard InChI is InChI=1S/C20H28N4OS/c1-3-21-20(22-11-19-16(2)23-15-26-19)24-10-9-18(12-24)14-25-13-17-7-5-4-6-8-17/h4-8,15,18H,3,9-14H2,1-2H3,(H,21,22). The predicted molar refractivity (Wildman–Crippen MR) is 107 cm³/mol. The summed E-state index contributed by atoms with van der Waals surface area (Å²) in [6.07, 6.45) is 1.15. The van der Waals surface area contributed by atoms with Gasteiger partial charge in [0.25, 0.3) is 0 Å². The Labute approximate surface area is 160 Å². The maximum absolute atomic E-state index is 5.93. The summed E-state index contributed by atoms with van der Waals surface area (Å²) in [5.74, 6) is 1.57. The Morgan fingerprint density at radius 1 is 1.38 bits per heavy atom. The Kier molecular flexibility index (Phi) is 7.03. The van der Waals surface area contributed by atoms with E-state index in [2.05, 4.69) is 46.4 Å². The minimum absolute atomic E-state index is 0.563. The molecule has 2 aromatic rings. The van der Waals surface area contributed by atoms with E-state index in [9.17, 15) is 0 Å². The fourth-order valence-electron chi connectivity index (χ4n) is 3.13. The van der Waals surface area contributed by atoms with Gasteiger partial charge < -0.3 is 15.0 Å². The molecule has 0 saturated carbocycles. The highest BCUT2D eigenvalue weighted by atomic mass is 32.1. The van der Waals surface area contributed by atoms with Crippen molar-refractivity contribution in [2.45, 2.75) is 33.4 Å². The molecular weight excluding hydrogens is 344 g/mol. The van der Waals surface area contributed by atoms with Crippen LogP contribution < -0.4 is 5.32 Å². The number of likely N-dealkylation sites (tertiary alicyclic amines) is 1. The van der Waals surface area contributed by atoms with E-state index in [4.69, 9.17) is 9.73 Å². The van der Waals surface area contributed by atoms with Crippen LogP contribution >= 0.6 is 11.3 Å². The molecule has 1 saturated heterocycles. The lowest BCUT2D eigenvalue weighted by atomic mass is 10.1. The second kappa shape index (κ2) is 9.69. The highest BCUT2D eigenvalue weighted by Gasteiger charge is 2.25. The zero-order chi connectivity index (χ0) is 18.2. The third-order valence-electron chi connectivity index (χ3n) is 4.60. The molecule has 0 amide bonds. The Morgan fingerprint density at radius 2 is 2.23 bits per heavy atom. The number of benzene rings is 1. The van der Waals surface area contributed by atoms with Crippen LogP contribution in [0.15, 0.2) is 40.8 Å². The second-order valence-corrected chi connectivity index (χ2v) is 7.57. The molecule has 6 heteroatoms. The van der Waals surface area contributed by atoms with Crippen LogP contribution in [0.5, 0.6) is 0 Å². The Hall–Kier alpha value is -1.92. The molecule has 0 radical (unpaired) electrons. The molecule has 1 aliphatic heterocycles. The average molecular weight is 373 g/mol. The Balaban J connectivity index is 1.49. The topological polar surface area (TPSA) is 49.8 Å². The molecule has 26 heavy (non-hydrogen) atoms. The van der Waals surface area contributed by atoms with Gasteiger partial charge in [0.1, 0.15) is 0 Å². The van der Waals surface area contributed by atoms with Crippen LogP contribution in [0.3, 0.4) is 0 Å². The minimum atomic E-state index is 0.563. The number of aromatic nitrogens is 1. The van der Waals surface area contributed by atoms with E-state index in [0.29, 0.717) is 19.1 Å². The zero-order valence-electron chi connectivity index (χ0n) is 15.6. The van der Waals surface area contributed by atoms with Crippen LogP contribution in [-0.4, -0.2) is 42.1 Å². The van der Waals surface area contributed by atoms with Crippen molar-refractivity contribution in [3.63, 3.8) is 0 Å². The van der Waals surface area contributed by atoms with Gasteiger partial charge in [0.05, 0.1) is 31.0 Å². The van der Waals surface area contributed by atoms with E-state index in [1.54, 1.807) is 11.3 Å². The lowest BCUT2D eigenvalue weighted by molar-refractivity contribution is 0.0906. The molecular formula is C20H28N4OS. The van der Waals surface area contributed by atoms with Crippen LogP contribution in [-0.2, 0) is 17.9 Å². The monoisotopic (exact) mass is 372 g/mol. The van der Waals surface area contributed by atoms with Crippen LogP contribution in [0.25, 0.3) is 0 Å². The molecule has 0 bridgehead atoms. The van der Waals surface area contributed by atoms with E-state index in [0.717, 1.165) is 44.3 Å². The first-order valence-corrected chi connectivity index (χ1v) is 10.2. The van der Waals surface area contributed by atoms with Crippen molar-refractivity contribution in [3.8, 4) is 0 Å². The largest absolute Gasteiger partial charge is 0.376 e. The molecule has 2 heterocycles. The van der Waals surface area contributed by atoms with Crippen LogP contribution in [0.4, 0.5) is 0 Å². The van der Waals surface area contributed by atoms with Crippen molar-refractivity contribution in [3.05, 3.63) is 52.0 Å². The van der Waals surface area contributed by atoms with Crippen molar-refractivity contribution in [1.29, 1.82) is 0 Å². The summed E-state index contributed by atoms with van der Waals surface area (Å²) in [4.78, 5) is 12.7. The lowest BCUT2D eigenvalue weighted by Crippen LogP contribution is -2.40. The summed E-state index contributed by atoms with van der Waals surface area (Å²) in [6, 6.07) is 10.4. The molecule has 3 rings (SSSR count). The predicted octanol–water partition coefficient (Wildman–Crippen LogP) is 3.46. The third kappa shape index (κ3) is 5.29. The third-order valence-corrected chi connectivity index (χ3v) is 5.52. The Bertz CT molecular complexity index is 701. The van der Waals surface area contributed by atoms with Gasteiger partial charge in [0.2, 0.25) is 0 Å². The first-order chi connectivity index (χ1) is 12.8. The van der Waals surface area contributed by atoms with Crippen LogP contribution in [0, 0.1) is 12.8 Å². The number of nitrogens with zero attached hydrogens (tertiary/aromatic N) is 3. The highest BCUT2D eigenvalue weighted by Crippen LogP contribution is 2.18. The second-order valence-electron chi connectivity index (χ2n) is 6.63. The first-order valence-electron chi connectivity index (χ1n) is 9.30. The molecule has 5 nitrogen and oxygen atoms in total. The summed E-state index contributed by atoms with van der Waals surface area (Å²) in [5.41, 5.74) is 4.21. The molecule has 1 fully saturated rings. The number of hydrogen-bond acceptors (Lipinski definition) is 4. The molecule has 1 N–H and O–H groups in total. The quantitative estimate of drug-likeness (QED) is 0.597. The molecule has 1 unspecified atom stereocenters. The average Bonchev–Trinajstić information content (AvgIpc) is 3.29. The van der Waals surface area contributed by atoms with Crippen molar-refractivity contribution in [2.75, 3.05) is 26.2 Å². The number of thiazole rings is 1. The molecule has 0 aliphatic carbocycles. The van der Waals surface area contributed by atoms with E-state index >= 15 is 0 Å². The molecule has 1 atom stereocenters. The Morgan fingerprint density at radius 3 is 2.96 bits per heavy atom. The van der Waals surface area contributed by atoms with Gasteiger partial charge >= 0.3 is 0 Å². The number of nitrogens with one attached hydrogen (secondary N) is 1. The highest BCUT2D eigenvalue weighted by molar-refractivity contribution is 7.09. The summed E-state index contributed by atoms with van der Waals surface area (Å²) in [6.45, 7) is 9.27. The van der Waals surface area contributed by atoms with Crippen molar-refractivity contribution >= 4 is 17.3 Å². The van der Waals surface area contributed by atoms with Gasteiger partial charge in [-0.2, -0.15) is 0 Å². The molecule has 1 aromatic carbocycles. The number of hydrogen-bond donors (Lipinski definition) is 1. The molecule has 1 aliphatic rings. The van der Waals surface area contributed by atoms with Gasteiger partial charge in [-0.05, 0) is 25.8 Å². The number of guanidine groups is 1. The zero-order valence-corrected chi connectivity index (χ0v) is 16.5. The van der Waals surface area contributed by atoms with Gasteiger partial charge in [0.15, 0.2) is 5.96 Å². The van der Waals surface area contributed by atoms with Crippen molar-refractivity contribution < 1.29 is 4.74 Å². The normalized spacial score (nSPS) is 17.7. The van der Waals surface area contributed by atoms with Gasteiger partial charge in [-0.1, -0.05) is 30.3 Å². The molecule has 0 spiro atoms. The summed E-state index contributed by atoms with van der Waals surface area (Å²) >= 11 is 1.68. The maximum Gasteiger partial charge on any atom is 0.194 e. The van der Waals surface area contributed by atoms with E-state index < -0.39 is 0 Å². The van der Waals surface area contributed by atoms with Crippen LogP contribution in [0.1, 0.15) is 29.5 Å². The van der Waals surface area contributed by atoms with Gasteiger partial charge in [-0.25, -0.2) is 9.98 Å². The fourth-order valence-corrected chi connectivity index (χ4v) is 3.83. The van der Waals surface area contributed by atoms with E-state index in [1.807, 2.05) is 18.5 Å². The van der Waals surface area contributed by atoms with Crippen molar-refractivity contribution in [2.24, 2.45) is 10.9 Å². The van der Waals surface area contributed by atoms with E-state index in [-0.39, 0.29) is 0 Å². The fraction of sp³-hybridized carbons (Fsp3) is 0.500. The van der Waals surface area contributed by atoms with Gasteiger partial charge in [-0.15, -0.1) is 11.3 Å². The number of aliphatic imine (C=N–C) groups is 1. The molecule has 140 valence electrons. The first kappa shape index (κ1) is 18.9. The van der Waals surface area contributed by atoms with Crippen molar-refractivity contribution in [1.82, 2.24) is 15.2 Å². The summed E-state index contributed by atoms with van der Waals surface area (Å²) in [5, 5.41) is 3.43. The van der Waals surface area contributed by atoms with Crippen LogP contribution in [0.2, 0.25) is 0 Å². The smallest absolute Gasteiger partial charge is 0.194 e. The number of rotatable bonds is 7.